The summed E-state index contributed by atoms with van der Waals surface area (Å²) in [7, 11) is 0. The summed E-state index contributed by atoms with van der Waals surface area (Å²) in [6.45, 7) is 8.74. The fourth-order valence-corrected chi connectivity index (χ4v) is 3.47. The van der Waals surface area contributed by atoms with Crippen molar-refractivity contribution < 1.29 is 14.3 Å². The normalized spacial score (nSPS) is 18.4. The first-order valence-corrected chi connectivity index (χ1v) is 8.31. The molecular formula is C19H27NO3. The van der Waals surface area contributed by atoms with Gasteiger partial charge in [-0.05, 0) is 29.7 Å². The van der Waals surface area contributed by atoms with Gasteiger partial charge in [0.1, 0.15) is 6.61 Å². The lowest BCUT2D eigenvalue weighted by Crippen LogP contribution is -2.42. The van der Waals surface area contributed by atoms with E-state index in [1.165, 1.54) is 4.90 Å². The number of cyclic esters (lactones) is 1. The van der Waals surface area contributed by atoms with Crippen LogP contribution in [0.2, 0.25) is 0 Å². The van der Waals surface area contributed by atoms with E-state index in [1.54, 1.807) is 0 Å². The van der Waals surface area contributed by atoms with Crippen LogP contribution in [0.1, 0.15) is 46.1 Å². The molecule has 4 heteroatoms. The predicted molar refractivity (Wildman–Crippen MR) is 90.0 cm³/mol. The molecule has 2 amide bonds. The largest absolute Gasteiger partial charge is 0.447 e. The van der Waals surface area contributed by atoms with Crippen molar-refractivity contribution in [3.8, 4) is 0 Å². The van der Waals surface area contributed by atoms with Crippen LogP contribution >= 0.6 is 0 Å². The van der Waals surface area contributed by atoms with Crippen LogP contribution < -0.4 is 0 Å². The van der Waals surface area contributed by atoms with Gasteiger partial charge in [-0.2, -0.15) is 0 Å². The van der Waals surface area contributed by atoms with Crippen molar-refractivity contribution in [2.24, 2.45) is 11.3 Å². The minimum atomic E-state index is -0.503. The molecule has 0 bridgehead atoms. The highest BCUT2D eigenvalue weighted by Gasteiger charge is 2.39. The molecule has 2 rings (SSSR count). The van der Waals surface area contributed by atoms with E-state index in [1.807, 2.05) is 30.3 Å². The first-order valence-electron chi connectivity index (χ1n) is 8.31. The van der Waals surface area contributed by atoms with Crippen molar-refractivity contribution in [2.75, 3.05) is 6.61 Å². The maximum atomic E-state index is 12.7. The molecule has 1 heterocycles. The Kier molecular flexibility index (Phi) is 5.45. The molecule has 0 aromatic heterocycles. The van der Waals surface area contributed by atoms with E-state index < -0.39 is 6.09 Å². The zero-order valence-electron chi connectivity index (χ0n) is 14.5. The Morgan fingerprint density at radius 1 is 1.30 bits per heavy atom. The topological polar surface area (TPSA) is 46.6 Å². The standard InChI is InChI=1S/C19H27NO3/c1-14(2)11-19(3,4)12-17(21)20-16(13-23-18(20)22)10-15-8-6-5-7-9-15/h5-9,14,16H,10-13H2,1-4H3/t16-/m1/s1. The van der Waals surface area contributed by atoms with Gasteiger partial charge in [0.05, 0.1) is 6.04 Å². The van der Waals surface area contributed by atoms with Crippen molar-refractivity contribution >= 4 is 12.0 Å². The third-order valence-corrected chi connectivity index (χ3v) is 4.13. The number of benzene rings is 1. The molecule has 4 nitrogen and oxygen atoms in total. The number of carbonyl (C=O) groups is 2. The summed E-state index contributed by atoms with van der Waals surface area (Å²) in [4.78, 5) is 26.0. The monoisotopic (exact) mass is 317 g/mol. The third kappa shape index (κ3) is 4.81. The molecule has 126 valence electrons. The average Bonchev–Trinajstić information content (AvgIpc) is 2.78. The second-order valence-corrected chi connectivity index (χ2v) is 7.62. The van der Waals surface area contributed by atoms with Gasteiger partial charge in [-0.15, -0.1) is 0 Å². The van der Waals surface area contributed by atoms with Gasteiger partial charge in [0, 0.05) is 6.42 Å². The van der Waals surface area contributed by atoms with Crippen LogP contribution in [0.15, 0.2) is 30.3 Å². The smallest absolute Gasteiger partial charge is 0.416 e. The van der Waals surface area contributed by atoms with E-state index in [2.05, 4.69) is 27.7 Å². The summed E-state index contributed by atoms with van der Waals surface area (Å²) in [5, 5.41) is 0. The first kappa shape index (κ1) is 17.5. The average molecular weight is 317 g/mol. The molecule has 1 saturated heterocycles. The SMILES string of the molecule is CC(C)CC(C)(C)CC(=O)N1C(=O)OC[C@H]1Cc1ccccc1. The van der Waals surface area contributed by atoms with Crippen molar-refractivity contribution in [1.29, 1.82) is 0 Å². The van der Waals surface area contributed by atoms with E-state index in [9.17, 15) is 9.59 Å². The number of hydrogen-bond donors (Lipinski definition) is 0. The molecule has 0 saturated carbocycles. The lowest BCUT2D eigenvalue weighted by molar-refractivity contribution is -0.131. The molecule has 0 radical (unpaired) electrons. The number of hydrogen-bond acceptors (Lipinski definition) is 3. The summed E-state index contributed by atoms with van der Waals surface area (Å²) in [6, 6.07) is 9.70. The maximum absolute atomic E-state index is 12.7. The molecule has 0 unspecified atom stereocenters. The fraction of sp³-hybridized carbons (Fsp3) is 0.579. The lowest BCUT2D eigenvalue weighted by atomic mass is 9.80. The third-order valence-electron chi connectivity index (χ3n) is 4.13. The molecule has 1 aliphatic heterocycles. The van der Waals surface area contributed by atoms with Gasteiger partial charge >= 0.3 is 6.09 Å². The van der Waals surface area contributed by atoms with Gasteiger partial charge in [0.2, 0.25) is 5.91 Å². The summed E-state index contributed by atoms with van der Waals surface area (Å²) >= 11 is 0. The Hall–Kier alpha value is -1.84. The molecule has 0 N–H and O–H groups in total. The lowest BCUT2D eigenvalue weighted by Gasteiger charge is -2.29. The highest BCUT2D eigenvalue weighted by molar-refractivity contribution is 5.93. The molecule has 1 aromatic rings. The highest BCUT2D eigenvalue weighted by atomic mass is 16.6. The molecule has 1 aromatic carbocycles. The minimum Gasteiger partial charge on any atom is -0.447 e. The fourth-order valence-electron chi connectivity index (χ4n) is 3.47. The van der Waals surface area contributed by atoms with Crippen LogP contribution in [0.25, 0.3) is 0 Å². The van der Waals surface area contributed by atoms with Gasteiger partial charge in [0.25, 0.3) is 0 Å². The van der Waals surface area contributed by atoms with Gasteiger partial charge in [0.15, 0.2) is 0 Å². The molecule has 1 fully saturated rings. The van der Waals surface area contributed by atoms with E-state index in [4.69, 9.17) is 4.74 Å². The molecule has 23 heavy (non-hydrogen) atoms. The van der Waals surface area contributed by atoms with E-state index in [-0.39, 0.29) is 24.0 Å². The number of nitrogens with zero attached hydrogens (tertiary/aromatic N) is 1. The molecule has 1 aliphatic rings. The molecule has 1 atom stereocenters. The van der Waals surface area contributed by atoms with Crippen LogP contribution in [0, 0.1) is 11.3 Å². The van der Waals surface area contributed by atoms with Crippen molar-refractivity contribution in [2.45, 2.75) is 53.0 Å². The summed E-state index contributed by atoms with van der Waals surface area (Å²) in [5.74, 6) is 0.391. The molecule has 0 aliphatic carbocycles. The summed E-state index contributed by atoms with van der Waals surface area (Å²) < 4.78 is 5.13. The van der Waals surface area contributed by atoms with Crippen molar-refractivity contribution in [1.82, 2.24) is 4.90 Å². The number of rotatable bonds is 6. The zero-order valence-corrected chi connectivity index (χ0v) is 14.5. The predicted octanol–water partition coefficient (Wildman–Crippen LogP) is 4.04. The second kappa shape index (κ2) is 7.16. The Balaban J connectivity index is 2.05. The van der Waals surface area contributed by atoms with Gasteiger partial charge in [-0.25, -0.2) is 9.69 Å². The second-order valence-electron chi connectivity index (χ2n) is 7.62. The minimum absolute atomic E-state index is 0.120. The van der Waals surface area contributed by atoms with Crippen LogP contribution in [-0.4, -0.2) is 29.5 Å². The van der Waals surface area contributed by atoms with Crippen molar-refractivity contribution in [3.05, 3.63) is 35.9 Å². The van der Waals surface area contributed by atoms with Gasteiger partial charge in [-0.3, -0.25) is 4.79 Å². The van der Waals surface area contributed by atoms with E-state index in [0.29, 0.717) is 18.8 Å². The maximum Gasteiger partial charge on any atom is 0.416 e. The van der Waals surface area contributed by atoms with Crippen molar-refractivity contribution in [3.63, 3.8) is 0 Å². The van der Waals surface area contributed by atoms with E-state index in [0.717, 1.165) is 12.0 Å². The Bertz CT molecular complexity index is 551. The zero-order chi connectivity index (χ0) is 17.0. The van der Waals surface area contributed by atoms with Gasteiger partial charge in [-0.1, -0.05) is 58.0 Å². The number of ether oxygens (including phenoxy) is 1. The number of amides is 2. The Morgan fingerprint density at radius 2 is 1.96 bits per heavy atom. The quantitative estimate of drug-likeness (QED) is 0.795. The summed E-state index contributed by atoms with van der Waals surface area (Å²) in [6.07, 6.45) is 1.45. The Labute approximate surface area is 138 Å². The van der Waals surface area contributed by atoms with Crippen LogP contribution in [0.4, 0.5) is 4.79 Å². The Morgan fingerprint density at radius 3 is 2.57 bits per heavy atom. The number of carbonyl (C=O) groups excluding carboxylic acids is 2. The van der Waals surface area contributed by atoms with Crippen LogP contribution in [0.5, 0.6) is 0 Å². The first-order chi connectivity index (χ1) is 10.8. The van der Waals surface area contributed by atoms with Gasteiger partial charge < -0.3 is 4.74 Å². The number of imide groups is 1. The molecule has 0 spiro atoms. The van der Waals surface area contributed by atoms with Crippen LogP contribution in [0.3, 0.4) is 0 Å². The molecular weight excluding hydrogens is 290 g/mol. The summed E-state index contributed by atoms with van der Waals surface area (Å²) in [5.41, 5.74) is 0.987. The van der Waals surface area contributed by atoms with Crippen LogP contribution in [-0.2, 0) is 16.0 Å². The highest BCUT2D eigenvalue weighted by Crippen LogP contribution is 2.31. The van der Waals surface area contributed by atoms with E-state index >= 15 is 0 Å².